The second-order valence-electron chi connectivity index (χ2n) is 7.82. The minimum absolute atomic E-state index is 0. The average molecular weight is 554 g/mol. The molecule has 1 aliphatic heterocycles. The topological polar surface area (TPSA) is 67.4 Å². The molecule has 0 spiro atoms. The minimum Gasteiger partial charge on any atom is -0.497 e. The molecule has 1 heterocycles. The molecule has 2 aromatic rings. The van der Waals surface area contributed by atoms with Crippen LogP contribution in [-0.2, 0) is 13.1 Å². The van der Waals surface area contributed by atoms with Gasteiger partial charge in [0, 0.05) is 45.3 Å². The van der Waals surface area contributed by atoms with Gasteiger partial charge in [-0.15, -0.1) is 24.0 Å². The van der Waals surface area contributed by atoms with Crippen LogP contribution in [0, 0.1) is 6.92 Å². The highest BCUT2D eigenvalue weighted by Gasteiger charge is 2.23. The smallest absolute Gasteiger partial charge is 0.191 e. The zero-order chi connectivity index (χ0) is 22.2. The monoisotopic (exact) mass is 554 g/mol. The van der Waals surface area contributed by atoms with Crippen LogP contribution in [0.25, 0.3) is 0 Å². The standard InChI is InChI=1S/C24H34N4O3.HI/c1-17-10-18(6-7-23(17)31-5)14-26-24(25-2)27-20-8-9-28(16-20)15-19-11-21(29-3)13-22(12-19)30-4;/h6-7,10-13,20H,8-9,14-16H2,1-5H3,(H2,25,26,27);1H. The van der Waals surface area contributed by atoms with E-state index in [9.17, 15) is 0 Å². The molecule has 1 fully saturated rings. The van der Waals surface area contributed by atoms with E-state index >= 15 is 0 Å². The van der Waals surface area contributed by atoms with Crippen LogP contribution in [0.1, 0.15) is 23.1 Å². The van der Waals surface area contributed by atoms with E-state index in [0.29, 0.717) is 12.6 Å². The summed E-state index contributed by atoms with van der Waals surface area (Å²) in [4.78, 5) is 6.83. The minimum atomic E-state index is 0. The number of likely N-dealkylation sites (tertiary alicyclic amines) is 1. The first-order chi connectivity index (χ1) is 15.0. The van der Waals surface area contributed by atoms with Crippen molar-refractivity contribution in [2.45, 2.75) is 32.5 Å². The maximum Gasteiger partial charge on any atom is 0.191 e. The van der Waals surface area contributed by atoms with Crippen molar-refractivity contribution in [1.29, 1.82) is 0 Å². The Morgan fingerprint density at radius 3 is 2.34 bits per heavy atom. The number of guanidine groups is 1. The molecule has 1 aliphatic rings. The molecule has 1 saturated heterocycles. The van der Waals surface area contributed by atoms with Crippen LogP contribution >= 0.6 is 24.0 Å². The van der Waals surface area contributed by atoms with Gasteiger partial charge in [0.15, 0.2) is 5.96 Å². The Bertz CT molecular complexity index is 885. The third-order valence-corrected chi connectivity index (χ3v) is 5.57. The summed E-state index contributed by atoms with van der Waals surface area (Å²) in [6, 6.07) is 12.6. The second kappa shape index (κ2) is 12.7. The average Bonchev–Trinajstić information content (AvgIpc) is 3.22. The van der Waals surface area contributed by atoms with E-state index in [4.69, 9.17) is 14.2 Å². The van der Waals surface area contributed by atoms with E-state index in [1.807, 2.05) is 19.2 Å². The van der Waals surface area contributed by atoms with E-state index in [2.05, 4.69) is 51.7 Å². The number of halogens is 1. The number of ether oxygens (including phenoxy) is 3. The summed E-state index contributed by atoms with van der Waals surface area (Å²) in [6.07, 6.45) is 1.07. The first-order valence-electron chi connectivity index (χ1n) is 10.6. The fourth-order valence-corrected chi connectivity index (χ4v) is 3.93. The van der Waals surface area contributed by atoms with E-state index in [1.165, 1.54) is 11.1 Å². The van der Waals surface area contributed by atoms with E-state index < -0.39 is 0 Å². The van der Waals surface area contributed by atoms with Gasteiger partial charge in [-0.25, -0.2) is 0 Å². The predicted octanol–water partition coefficient (Wildman–Crippen LogP) is 3.58. The summed E-state index contributed by atoms with van der Waals surface area (Å²) in [6.45, 7) is 5.63. The summed E-state index contributed by atoms with van der Waals surface area (Å²) < 4.78 is 16.1. The zero-order valence-electron chi connectivity index (χ0n) is 19.6. The van der Waals surface area contributed by atoms with Crippen LogP contribution in [0.3, 0.4) is 0 Å². The van der Waals surface area contributed by atoms with Gasteiger partial charge in [0.2, 0.25) is 0 Å². The Morgan fingerprint density at radius 1 is 1.03 bits per heavy atom. The molecule has 2 N–H and O–H groups in total. The van der Waals surface area contributed by atoms with Gasteiger partial charge < -0.3 is 24.8 Å². The quantitative estimate of drug-likeness (QED) is 0.296. The Labute approximate surface area is 208 Å². The molecule has 3 rings (SSSR count). The van der Waals surface area contributed by atoms with Gasteiger partial charge in [-0.2, -0.15) is 0 Å². The van der Waals surface area contributed by atoms with Crippen molar-refractivity contribution in [3.05, 3.63) is 53.1 Å². The molecule has 0 aromatic heterocycles. The van der Waals surface area contributed by atoms with E-state index in [-0.39, 0.29) is 24.0 Å². The highest BCUT2D eigenvalue weighted by atomic mass is 127. The Kier molecular flexibility index (Phi) is 10.4. The fourth-order valence-electron chi connectivity index (χ4n) is 3.93. The summed E-state index contributed by atoms with van der Waals surface area (Å²) in [5.74, 6) is 3.37. The van der Waals surface area contributed by atoms with E-state index in [1.54, 1.807) is 21.3 Å². The molecular weight excluding hydrogens is 519 g/mol. The molecule has 1 atom stereocenters. The van der Waals surface area contributed by atoms with Crippen LogP contribution in [0.15, 0.2) is 41.4 Å². The number of benzene rings is 2. The molecule has 0 radical (unpaired) electrons. The third kappa shape index (κ3) is 7.16. The molecule has 1 unspecified atom stereocenters. The van der Waals surface area contributed by atoms with Crippen LogP contribution < -0.4 is 24.8 Å². The van der Waals surface area contributed by atoms with Gasteiger partial charge in [-0.1, -0.05) is 12.1 Å². The normalized spacial score (nSPS) is 16.3. The number of aryl methyl sites for hydroxylation is 1. The molecule has 2 aromatic carbocycles. The van der Waals surface area contributed by atoms with Crippen molar-refractivity contribution in [1.82, 2.24) is 15.5 Å². The Balaban J connectivity index is 0.00000363. The first kappa shape index (κ1) is 26.1. The summed E-state index contributed by atoms with van der Waals surface area (Å²) in [7, 11) is 6.87. The van der Waals surface area contributed by atoms with Crippen molar-refractivity contribution in [3.63, 3.8) is 0 Å². The SMILES string of the molecule is CN=C(NCc1ccc(OC)c(C)c1)NC1CCN(Cc2cc(OC)cc(OC)c2)C1.I. The lowest BCUT2D eigenvalue weighted by atomic mass is 10.1. The van der Waals surface area contributed by atoms with Gasteiger partial charge in [-0.3, -0.25) is 9.89 Å². The predicted molar refractivity (Wildman–Crippen MR) is 140 cm³/mol. The van der Waals surface area contributed by atoms with E-state index in [0.717, 1.165) is 54.8 Å². The van der Waals surface area contributed by atoms with Crippen LogP contribution in [0.2, 0.25) is 0 Å². The lowest BCUT2D eigenvalue weighted by Gasteiger charge is -2.19. The number of hydrogen-bond acceptors (Lipinski definition) is 5. The van der Waals surface area contributed by atoms with Crippen molar-refractivity contribution in [2.24, 2.45) is 4.99 Å². The van der Waals surface area contributed by atoms with Gasteiger partial charge >= 0.3 is 0 Å². The van der Waals surface area contributed by atoms with Crippen LogP contribution in [-0.4, -0.2) is 58.4 Å². The van der Waals surface area contributed by atoms with Crippen molar-refractivity contribution in [3.8, 4) is 17.2 Å². The number of nitrogens with zero attached hydrogens (tertiary/aromatic N) is 2. The number of hydrogen-bond donors (Lipinski definition) is 2. The number of aliphatic imine (C=N–C) groups is 1. The van der Waals surface area contributed by atoms with Crippen molar-refractivity contribution in [2.75, 3.05) is 41.5 Å². The molecular formula is C24H35IN4O3. The Hall–Kier alpha value is -2.20. The molecule has 0 aliphatic carbocycles. The largest absolute Gasteiger partial charge is 0.497 e. The number of rotatable bonds is 8. The highest BCUT2D eigenvalue weighted by Crippen LogP contribution is 2.24. The van der Waals surface area contributed by atoms with Gasteiger partial charge in [0.1, 0.15) is 17.2 Å². The molecule has 0 bridgehead atoms. The molecule has 8 heteroatoms. The summed E-state index contributed by atoms with van der Waals surface area (Å²) in [5.41, 5.74) is 3.51. The lowest BCUT2D eigenvalue weighted by Crippen LogP contribution is -2.44. The highest BCUT2D eigenvalue weighted by molar-refractivity contribution is 14.0. The first-order valence-corrected chi connectivity index (χ1v) is 10.6. The Morgan fingerprint density at radius 2 is 1.75 bits per heavy atom. The van der Waals surface area contributed by atoms with Crippen LogP contribution in [0.4, 0.5) is 0 Å². The zero-order valence-corrected chi connectivity index (χ0v) is 21.9. The number of methoxy groups -OCH3 is 3. The second-order valence-corrected chi connectivity index (χ2v) is 7.82. The van der Waals surface area contributed by atoms with Gasteiger partial charge in [-0.05, 0) is 48.2 Å². The van der Waals surface area contributed by atoms with Crippen LogP contribution in [0.5, 0.6) is 17.2 Å². The molecule has 176 valence electrons. The van der Waals surface area contributed by atoms with Crippen molar-refractivity contribution >= 4 is 29.9 Å². The van der Waals surface area contributed by atoms with Gasteiger partial charge in [0.25, 0.3) is 0 Å². The molecule has 7 nitrogen and oxygen atoms in total. The summed E-state index contributed by atoms with van der Waals surface area (Å²) >= 11 is 0. The lowest BCUT2D eigenvalue weighted by molar-refractivity contribution is 0.321. The van der Waals surface area contributed by atoms with Gasteiger partial charge in [0.05, 0.1) is 21.3 Å². The maximum atomic E-state index is 5.39. The summed E-state index contributed by atoms with van der Waals surface area (Å²) in [5, 5.41) is 6.98. The maximum absolute atomic E-state index is 5.39. The number of nitrogens with one attached hydrogen (secondary N) is 2. The van der Waals surface area contributed by atoms with Crippen molar-refractivity contribution < 1.29 is 14.2 Å². The molecule has 0 amide bonds. The fraction of sp³-hybridized carbons (Fsp3) is 0.458. The molecule has 32 heavy (non-hydrogen) atoms. The third-order valence-electron chi connectivity index (χ3n) is 5.57. The molecule has 0 saturated carbocycles.